The predicted molar refractivity (Wildman–Crippen MR) is 75.0 cm³/mol. The summed E-state index contributed by atoms with van der Waals surface area (Å²) in [6, 6.07) is 3.95. The Morgan fingerprint density at radius 1 is 1.45 bits per heavy atom. The molecule has 5 nitrogen and oxygen atoms in total. The molecule has 0 amide bonds. The number of benzene rings is 1. The van der Waals surface area contributed by atoms with Gasteiger partial charge in [-0.2, -0.15) is 4.39 Å². The van der Waals surface area contributed by atoms with Crippen molar-refractivity contribution in [2.24, 2.45) is 5.92 Å². The summed E-state index contributed by atoms with van der Waals surface area (Å²) in [6.07, 6.45) is 0.877. The van der Waals surface area contributed by atoms with Gasteiger partial charge in [0.15, 0.2) is 0 Å². The van der Waals surface area contributed by atoms with Gasteiger partial charge in [0.05, 0.1) is 4.92 Å². The molecule has 0 aliphatic carbocycles. The first-order valence-corrected chi connectivity index (χ1v) is 6.72. The van der Waals surface area contributed by atoms with Crippen molar-refractivity contribution < 1.29 is 14.1 Å². The third-order valence-electron chi connectivity index (χ3n) is 2.63. The Labute approximate surface area is 118 Å². The summed E-state index contributed by atoms with van der Waals surface area (Å²) < 4.78 is 18.8. The van der Waals surface area contributed by atoms with E-state index >= 15 is 0 Å². The second-order valence-corrected chi connectivity index (χ2v) is 5.04. The number of nitrogens with zero attached hydrogens (tertiary/aromatic N) is 1. The minimum atomic E-state index is -0.797. The van der Waals surface area contributed by atoms with Crippen LogP contribution in [0.15, 0.2) is 18.2 Å². The normalized spacial score (nSPS) is 11.0. The number of hydrogen-bond donors (Lipinski definition) is 1. The van der Waals surface area contributed by atoms with Crippen molar-refractivity contribution >= 4 is 5.69 Å². The van der Waals surface area contributed by atoms with Gasteiger partial charge in [-0.3, -0.25) is 10.1 Å². The van der Waals surface area contributed by atoms with Crippen molar-refractivity contribution in [2.75, 3.05) is 19.8 Å². The fourth-order valence-electron chi connectivity index (χ4n) is 1.66. The van der Waals surface area contributed by atoms with E-state index in [0.717, 1.165) is 19.6 Å². The molecule has 0 unspecified atom stereocenters. The van der Waals surface area contributed by atoms with E-state index in [1.807, 2.05) is 0 Å². The number of nitro groups is 1. The van der Waals surface area contributed by atoms with Crippen LogP contribution in [0.5, 0.6) is 0 Å². The number of rotatable bonds is 9. The zero-order valence-corrected chi connectivity index (χ0v) is 11.9. The molecule has 20 heavy (non-hydrogen) atoms. The number of nitrogens with one attached hydrogen (secondary N) is 1. The van der Waals surface area contributed by atoms with Gasteiger partial charge in [0.2, 0.25) is 5.82 Å². The molecule has 1 aromatic carbocycles. The van der Waals surface area contributed by atoms with E-state index in [1.54, 1.807) is 6.07 Å². The maximum atomic E-state index is 13.4. The fraction of sp³-hybridized carbons (Fsp3) is 0.571. The highest BCUT2D eigenvalue weighted by molar-refractivity contribution is 5.34. The van der Waals surface area contributed by atoms with Gasteiger partial charge in [-0.15, -0.1) is 0 Å². The van der Waals surface area contributed by atoms with Crippen molar-refractivity contribution in [3.63, 3.8) is 0 Å². The lowest BCUT2D eigenvalue weighted by Gasteiger charge is -2.08. The van der Waals surface area contributed by atoms with Gasteiger partial charge in [-0.25, -0.2) is 0 Å². The van der Waals surface area contributed by atoms with Crippen molar-refractivity contribution in [3.05, 3.63) is 39.7 Å². The van der Waals surface area contributed by atoms with Gasteiger partial charge < -0.3 is 10.1 Å². The summed E-state index contributed by atoms with van der Waals surface area (Å²) in [5.74, 6) is -0.263. The summed E-state index contributed by atoms with van der Waals surface area (Å²) in [4.78, 5) is 9.75. The average Bonchev–Trinajstić information content (AvgIpc) is 2.37. The van der Waals surface area contributed by atoms with E-state index in [-0.39, 0.29) is 0 Å². The lowest BCUT2D eigenvalue weighted by molar-refractivity contribution is -0.387. The zero-order chi connectivity index (χ0) is 15.0. The molecule has 0 atom stereocenters. The SMILES string of the molecule is CC(C)COCCCNCc1ccc([N+](=O)[O-])c(F)c1. The molecule has 0 saturated heterocycles. The number of ether oxygens (including phenoxy) is 1. The second-order valence-electron chi connectivity index (χ2n) is 5.04. The van der Waals surface area contributed by atoms with Crippen molar-refractivity contribution in [1.82, 2.24) is 5.32 Å². The molecule has 1 N–H and O–H groups in total. The minimum Gasteiger partial charge on any atom is -0.381 e. The molecule has 0 heterocycles. The minimum absolute atomic E-state index is 0.485. The lowest BCUT2D eigenvalue weighted by Crippen LogP contribution is -2.17. The number of nitro benzene ring substituents is 1. The van der Waals surface area contributed by atoms with Gasteiger partial charge in [0, 0.05) is 25.8 Å². The Balaban J connectivity index is 2.22. The molecule has 0 bridgehead atoms. The Morgan fingerprint density at radius 2 is 2.20 bits per heavy atom. The van der Waals surface area contributed by atoms with Gasteiger partial charge in [-0.1, -0.05) is 19.9 Å². The van der Waals surface area contributed by atoms with Gasteiger partial charge in [0.1, 0.15) is 0 Å². The van der Waals surface area contributed by atoms with Gasteiger partial charge in [-0.05, 0) is 30.5 Å². The van der Waals surface area contributed by atoms with Crippen LogP contribution >= 0.6 is 0 Å². The Bertz CT molecular complexity index is 438. The highest BCUT2D eigenvalue weighted by atomic mass is 19.1. The molecule has 0 aromatic heterocycles. The maximum absolute atomic E-state index is 13.4. The van der Waals surface area contributed by atoms with E-state index in [1.165, 1.54) is 12.1 Å². The highest BCUT2D eigenvalue weighted by Crippen LogP contribution is 2.17. The second kappa shape index (κ2) is 8.60. The molecule has 0 aliphatic rings. The predicted octanol–water partition coefficient (Wildman–Crippen LogP) is 2.89. The molecule has 0 saturated carbocycles. The van der Waals surface area contributed by atoms with Crippen LogP contribution in [0.3, 0.4) is 0 Å². The summed E-state index contributed by atoms with van der Waals surface area (Å²) in [6.45, 7) is 6.89. The standard InChI is InChI=1S/C14H21FN2O3/c1-11(2)10-20-7-3-6-16-9-12-4-5-14(17(18)19)13(15)8-12/h4-5,8,11,16H,3,6-7,9-10H2,1-2H3. The van der Waals surface area contributed by atoms with Crippen LogP contribution in [0, 0.1) is 21.8 Å². The Kier molecular flexibility index (Phi) is 7.11. The third kappa shape index (κ3) is 6.08. The molecular weight excluding hydrogens is 263 g/mol. The molecular formula is C14H21FN2O3. The van der Waals surface area contributed by atoms with Crippen LogP contribution < -0.4 is 5.32 Å². The van der Waals surface area contributed by atoms with E-state index in [0.29, 0.717) is 24.6 Å². The number of halogens is 1. The molecule has 6 heteroatoms. The summed E-state index contributed by atoms with van der Waals surface area (Å²) in [7, 11) is 0. The highest BCUT2D eigenvalue weighted by Gasteiger charge is 2.13. The van der Waals surface area contributed by atoms with Crippen LogP contribution in [0.2, 0.25) is 0 Å². The maximum Gasteiger partial charge on any atom is 0.304 e. The third-order valence-corrected chi connectivity index (χ3v) is 2.63. The summed E-state index contributed by atoms with van der Waals surface area (Å²) >= 11 is 0. The Morgan fingerprint density at radius 3 is 2.80 bits per heavy atom. The van der Waals surface area contributed by atoms with E-state index in [9.17, 15) is 14.5 Å². The largest absolute Gasteiger partial charge is 0.381 e. The molecule has 0 aliphatic heterocycles. The zero-order valence-electron chi connectivity index (χ0n) is 11.9. The smallest absolute Gasteiger partial charge is 0.304 e. The van der Waals surface area contributed by atoms with Gasteiger partial charge >= 0.3 is 5.69 Å². The number of hydrogen-bond acceptors (Lipinski definition) is 4. The van der Waals surface area contributed by atoms with Crippen LogP contribution in [-0.4, -0.2) is 24.7 Å². The molecule has 0 fully saturated rings. The average molecular weight is 284 g/mol. The summed E-state index contributed by atoms with van der Waals surface area (Å²) in [5, 5.41) is 13.6. The first-order chi connectivity index (χ1) is 9.50. The molecule has 0 spiro atoms. The van der Waals surface area contributed by atoms with E-state index < -0.39 is 16.4 Å². The van der Waals surface area contributed by atoms with E-state index in [4.69, 9.17) is 4.74 Å². The topological polar surface area (TPSA) is 64.4 Å². The molecule has 1 rings (SSSR count). The fourth-order valence-corrected chi connectivity index (χ4v) is 1.66. The van der Waals surface area contributed by atoms with Crippen molar-refractivity contribution in [1.29, 1.82) is 0 Å². The monoisotopic (exact) mass is 284 g/mol. The van der Waals surface area contributed by atoms with Crippen LogP contribution in [-0.2, 0) is 11.3 Å². The quantitative estimate of drug-likeness (QED) is 0.430. The van der Waals surface area contributed by atoms with Crippen molar-refractivity contribution in [2.45, 2.75) is 26.8 Å². The molecule has 0 radical (unpaired) electrons. The lowest BCUT2D eigenvalue weighted by atomic mass is 10.2. The molecule has 1 aromatic rings. The first kappa shape index (κ1) is 16.5. The first-order valence-electron chi connectivity index (χ1n) is 6.72. The van der Waals surface area contributed by atoms with Gasteiger partial charge in [0.25, 0.3) is 0 Å². The van der Waals surface area contributed by atoms with Crippen LogP contribution in [0.1, 0.15) is 25.8 Å². The van der Waals surface area contributed by atoms with Crippen LogP contribution in [0.25, 0.3) is 0 Å². The van der Waals surface area contributed by atoms with E-state index in [2.05, 4.69) is 19.2 Å². The summed E-state index contributed by atoms with van der Waals surface area (Å²) in [5.41, 5.74) is 0.201. The van der Waals surface area contributed by atoms with Crippen LogP contribution in [0.4, 0.5) is 10.1 Å². The van der Waals surface area contributed by atoms with Crippen molar-refractivity contribution in [3.8, 4) is 0 Å². The molecule has 112 valence electrons. The Hall–Kier alpha value is -1.53.